The molecule has 0 atom stereocenters. The average Bonchev–Trinajstić information content (AvgIpc) is 3.10. The molecule has 0 fully saturated rings. The van der Waals surface area contributed by atoms with Crippen LogP contribution in [-0.2, 0) is 4.74 Å². The predicted octanol–water partition coefficient (Wildman–Crippen LogP) is 5.56. The van der Waals surface area contributed by atoms with Crippen molar-refractivity contribution >= 4 is 45.5 Å². The van der Waals surface area contributed by atoms with Gasteiger partial charge in [0, 0.05) is 10.4 Å². The molecule has 0 amide bonds. The van der Waals surface area contributed by atoms with Crippen LogP contribution in [0.15, 0.2) is 48.7 Å². The quantitative estimate of drug-likeness (QED) is 0.335. The molecule has 26 heavy (non-hydrogen) atoms. The van der Waals surface area contributed by atoms with Crippen LogP contribution in [0.3, 0.4) is 0 Å². The number of esters is 1. The second-order valence-electron chi connectivity index (χ2n) is 6.00. The van der Waals surface area contributed by atoms with Crippen molar-refractivity contribution < 1.29 is 9.53 Å². The Labute approximate surface area is 159 Å². The molecule has 0 aliphatic rings. The Kier molecular flexibility index (Phi) is 4.10. The van der Waals surface area contributed by atoms with E-state index in [1.54, 1.807) is 4.52 Å². The van der Waals surface area contributed by atoms with Gasteiger partial charge in [0.15, 0.2) is 0 Å². The Balaban J connectivity index is 2.10. The molecule has 2 aromatic carbocycles. The van der Waals surface area contributed by atoms with Crippen molar-refractivity contribution in [2.24, 2.45) is 0 Å². The number of rotatable bonds is 2. The number of nitrogens with zero attached hydrogens (tertiary/aromatic N) is 2. The molecule has 0 spiro atoms. The molecule has 2 aromatic heterocycles. The number of ether oxygens (including phenoxy) is 1. The van der Waals surface area contributed by atoms with Crippen molar-refractivity contribution in [3.8, 4) is 11.1 Å². The first-order chi connectivity index (χ1) is 12.5. The normalized spacial score (nSPS) is 11.2. The number of pyridine rings is 1. The number of aromatic nitrogens is 2. The minimum absolute atomic E-state index is 0.377. The van der Waals surface area contributed by atoms with E-state index in [-0.39, 0.29) is 0 Å². The van der Waals surface area contributed by atoms with Crippen LogP contribution in [0.2, 0.25) is 10.2 Å². The maximum atomic E-state index is 12.2. The smallest absolute Gasteiger partial charge is 0.341 e. The first kappa shape index (κ1) is 16.9. The van der Waals surface area contributed by atoms with Crippen molar-refractivity contribution in [3.05, 3.63) is 70.0 Å². The minimum atomic E-state index is -0.450. The number of hydrogen-bond acceptors (Lipinski definition) is 3. The molecule has 4 nitrogen and oxygen atoms in total. The lowest BCUT2D eigenvalue weighted by atomic mass is 9.98. The van der Waals surface area contributed by atoms with E-state index >= 15 is 0 Å². The van der Waals surface area contributed by atoms with Gasteiger partial charge >= 0.3 is 5.97 Å². The number of benzene rings is 2. The topological polar surface area (TPSA) is 43.6 Å². The van der Waals surface area contributed by atoms with E-state index in [0.29, 0.717) is 21.3 Å². The molecule has 0 N–H and O–H groups in total. The summed E-state index contributed by atoms with van der Waals surface area (Å²) in [5.74, 6) is -0.450. The van der Waals surface area contributed by atoms with Gasteiger partial charge in [-0.25, -0.2) is 9.31 Å². The summed E-state index contributed by atoms with van der Waals surface area (Å²) in [7, 11) is 1.35. The predicted molar refractivity (Wildman–Crippen MR) is 104 cm³/mol. The van der Waals surface area contributed by atoms with Crippen LogP contribution >= 0.6 is 23.2 Å². The summed E-state index contributed by atoms with van der Waals surface area (Å²) in [5.41, 5.74) is 3.88. The molecule has 0 saturated heterocycles. The maximum Gasteiger partial charge on any atom is 0.341 e. The van der Waals surface area contributed by atoms with Crippen molar-refractivity contribution in [2.45, 2.75) is 6.92 Å². The van der Waals surface area contributed by atoms with Gasteiger partial charge in [-0.3, -0.25) is 0 Å². The Morgan fingerprint density at radius 2 is 1.85 bits per heavy atom. The van der Waals surface area contributed by atoms with Gasteiger partial charge in [-0.2, -0.15) is 5.10 Å². The van der Waals surface area contributed by atoms with E-state index in [1.165, 1.54) is 13.3 Å². The molecular formula is C20H14Cl2N2O2. The van der Waals surface area contributed by atoms with Gasteiger partial charge in [-0.05, 0) is 47.2 Å². The molecule has 0 aliphatic carbocycles. The van der Waals surface area contributed by atoms with Crippen LogP contribution in [0.25, 0.3) is 27.4 Å². The van der Waals surface area contributed by atoms with Crippen LogP contribution in [0, 0.1) is 6.92 Å². The van der Waals surface area contributed by atoms with Crippen molar-refractivity contribution in [1.29, 1.82) is 0 Å². The van der Waals surface area contributed by atoms with Gasteiger partial charge in [0.1, 0.15) is 10.7 Å². The highest BCUT2D eigenvalue weighted by molar-refractivity contribution is 6.32. The standard InChI is InChI=1S/C20H14Cl2N2O2/c1-11-15-7-6-13(12-4-3-5-14(21)8-12)9-16(15)18-17(20(25)26-2)10-23-24(18)19(11)22/h3-10H,1-2H3. The van der Waals surface area contributed by atoms with Crippen LogP contribution in [-0.4, -0.2) is 22.7 Å². The van der Waals surface area contributed by atoms with E-state index in [1.807, 2.05) is 49.4 Å². The van der Waals surface area contributed by atoms with Gasteiger partial charge in [-0.1, -0.05) is 47.5 Å². The van der Waals surface area contributed by atoms with Crippen molar-refractivity contribution in [2.75, 3.05) is 7.11 Å². The molecule has 4 rings (SSSR count). The molecule has 0 bridgehead atoms. The van der Waals surface area contributed by atoms with Gasteiger partial charge in [-0.15, -0.1) is 0 Å². The van der Waals surface area contributed by atoms with E-state index in [0.717, 1.165) is 27.5 Å². The summed E-state index contributed by atoms with van der Waals surface area (Å²) in [4.78, 5) is 12.2. The highest BCUT2D eigenvalue weighted by atomic mass is 35.5. The first-order valence-electron chi connectivity index (χ1n) is 7.95. The number of fused-ring (bicyclic) bond motifs is 3. The first-order valence-corrected chi connectivity index (χ1v) is 8.70. The molecule has 0 aliphatic heterocycles. The average molecular weight is 385 g/mol. The maximum absolute atomic E-state index is 12.2. The number of aryl methyl sites for hydroxylation is 1. The molecule has 130 valence electrons. The highest BCUT2D eigenvalue weighted by Crippen LogP contribution is 2.34. The van der Waals surface area contributed by atoms with E-state index in [2.05, 4.69) is 5.10 Å². The lowest BCUT2D eigenvalue weighted by Gasteiger charge is -2.11. The molecule has 0 unspecified atom stereocenters. The largest absolute Gasteiger partial charge is 0.465 e. The minimum Gasteiger partial charge on any atom is -0.465 e. The SMILES string of the molecule is COC(=O)c1cnn2c(Cl)c(C)c3ccc(-c4cccc(Cl)c4)cc3c12. The number of carbonyl (C=O) groups excluding carboxylic acids is 1. The zero-order valence-corrected chi connectivity index (χ0v) is 15.6. The van der Waals surface area contributed by atoms with Crippen LogP contribution in [0.4, 0.5) is 0 Å². The van der Waals surface area contributed by atoms with Gasteiger partial charge in [0.05, 0.1) is 18.8 Å². The highest BCUT2D eigenvalue weighted by Gasteiger charge is 2.20. The van der Waals surface area contributed by atoms with Gasteiger partial charge in [0.25, 0.3) is 0 Å². The van der Waals surface area contributed by atoms with E-state index < -0.39 is 5.97 Å². The van der Waals surface area contributed by atoms with E-state index in [4.69, 9.17) is 27.9 Å². The number of halogens is 2. The zero-order valence-electron chi connectivity index (χ0n) is 14.1. The third-order valence-corrected chi connectivity index (χ3v) is 5.19. The van der Waals surface area contributed by atoms with Crippen LogP contribution in [0.5, 0.6) is 0 Å². The Morgan fingerprint density at radius 3 is 2.58 bits per heavy atom. The van der Waals surface area contributed by atoms with E-state index in [9.17, 15) is 4.79 Å². The Bertz CT molecular complexity index is 1180. The van der Waals surface area contributed by atoms with Gasteiger partial charge < -0.3 is 4.74 Å². The number of methoxy groups -OCH3 is 1. The second-order valence-corrected chi connectivity index (χ2v) is 6.79. The lowest BCUT2D eigenvalue weighted by molar-refractivity contribution is 0.0603. The molecule has 0 saturated carbocycles. The van der Waals surface area contributed by atoms with Crippen molar-refractivity contribution in [3.63, 3.8) is 0 Å². The zero-order chi connectivity index (χ0) is 18.4. The monoisotopic (exact) mass is 384 g/mol. The lowest BCUT2D eigenvalue weighted by Crippen LogP contribution is -2.02. The summed E-state index contributed by atoms with van der Waals surface area (Å²) in [6.45, 7) is 1.93. The Morgan fingerprint density at radius 1 is 1.08 bits per heavy atom. The molecule has 2 heterocycles. The number of hydrogen-bond donors (Lipinski definition) is 0. The van der Waals surface area contributed by atoms with Crippen molar-refractivity contribution in [1.82, 2.24) is 9.61 Å². The van der Waals surface area contributed by atoms with Crippen LogP contribution < -0.4 is 0 Å². The molecule has 0 radical (unpaired) electrons. The summed E-state index contributed by atoms with van der Waals surface area (Å²) in [5, 5.41) is 7.25. The van der Waals surface area contributed by atoms with Crippen LogP contribution in [0.1, 0.15) is 15.9 Å². The summed E-state index contributed by atoms with van der Waals surface area (Å²) < 4.78 is 6.48. The fourth-order valence-corrected chi connectivity index (χ4v) is 3.62. The fraction of sp³-hybridized carbons (Fsp3) is 0.100. The summed E-state index contributed by atoms with van der Waals surface area (Å²) in [6, 6.07) is 13.7. The summed E-state index contributed by atoms with van der Waals surface area (Å²) in [6.07, 6.45) is 1.48. The van der Waals surface area contributed by atoms with Gasteiger partial charge in [0.2, 0.25) is 0 Å². The molecule has 6 heteroatoms. The third kappa shape index (κ3) is 2.54. The molecule has 4 aromatic rings. The summed E-state index contributed by atoms with van der Waals surface area (Å²) >= 11 is 12.6. The number of carbonyl (C=O) groups is 1. The Hall–Kier alpha value is -2.56. The fourth-order valence-electron chi connectivity index (χ4n) is 3.20. The second kappa shape index (κ2) is 6.31. The third-order valence-electron chi connectivity index (χ3n) is 4.51. The molecular weight excluding hydrogens is 371 g/mol.